The monoisotopic (exact) mass is 659 g/mol. The molecule has 3 fully saturated rings. The Morgan fingerprint density at radius 3 is 2.33 bits per heavy atom. The van der Waals surface area contributed by atoms with Gasteiger partial charge in [-0.2, -0.15) is 0 Å². The molecule has 2 bridgehead atoms. The molecule has 6 aliphatic rings. The van der Waals surface area contributed by atoms with Crippen molar-refractivity contribution in [1.82, 2.24) is 0 Å². The van der Waals surface area contributed by atoms with E-state index in [0.717, 1.165) is 47.6 Å². The Balaban J connectivity index is 1.07. The van der Waals surface area contributed by atoms with Gasteiger partial charge in [-0.3, -0.25) is 0 Å². The van der Waals surface area contributed by atoms with Crippen molar-refractivity contribution in [1.29, 1.82) is 0 Å². The molecule has 1 spiro atoms. The van der Waals surface area contributed by atoms with Crippen LogP contribution in [0, 0.1) is 23.7 Å². The predicted octanol–water partition coefficient (Wildman–Crippen LogP) is 11.6. The van der Waals surface area contributed by atoms with Gasteiger partial charge in [0.2, 0.25) is 0 Å². The van der Waals surface area contributed by atoms with Crippen LogP contribution in [0.3, 0.4) is 0 Å². The summed E-state index contributed by atoms with van der Waals surface area (Å²) in [5.74, 6) is 4.37. The number of ether oxygens (including phenoxy) is 1. The zero-order chi connectivity index (χ0) is 33.3. The lowest BCUT2D eigenvalue weighted by atomic mass is 9.60. The average Bonchev–Trinajstić information content (AvgIpc) is 4.03. The second kappa shape index (κ2) is 10.3. The first-order valence-electron chi connectivity index (χ1n) is 19.3. The molecule has 0 aromatic heterocycles. The van der Waals surface area contributed by atoms with Gasteiger partial charge in [0, 0.05) is 45.4 Å². The van der Waals surface area contributed by atoms with Gasteiger partial charge < -0.3 is 9.64 Å². The van der Waals surface area contributed by atoms with Crippen molar-refractivity contribution in [3.63, 3.8) is 0 Å². The van der Waals surface area contributed by atoms with Gasteiger partial charge in [-0.1, -0.05) is 122 Å². The van der Waals surface area contributed by atoms with Crippen molar-refractivity contribution < 1.29 is 4.74 Å². The molecule has 6 aromatic rings. The van der Waals surface area contributed by atoms with Gasteiger partial charge in [0.25, 0.3) is 0 Å². The van der Waals surface area contributed by atoms with Crippen LogP contribution in [0.15, 0.2) is 133 Å². The third-order valence-electron chi connectivity index (χ3n) is 14.3. The van der Waals surface area contributed by atoms with E-state index in [1.54, 1.807) is 11.1 Å². The van der Waals surface area contributed by atoms with Crippen LogP contribution in [0.5, 0.6) is 5.75 Å². The topological polar surface area (TPSA) is 12.5 Å². The summed E-state index contributed by atoms with van der Waals surface area (Å²) in [5.41, 5.74) is 13.0. The molecule has 0 amide bonds. The van der Waals surface area contributed by atoms with E-state index in [1.165, 1.54) is 76.5 Å². The second-order valence-corrected chi connectivity index (χ2v) is 16.2. The Bertz CT molecular complexity index is 2430. The molecule has 6 atom stereocenters. The highest BCUT2D eigenvalue weighted by atomic mass is 16.5. The molecule has 12 rings (SSSR count). The fourth-order valence-electron chi connectivity index (χ4n) is 12.5. The van der Waals surface area contributed by atoms with Crippen LogP contribution < -0.4 is 9.64 Å². The fraction of sp³-hybridized carbons (Fsp3) is 0.265. The summed E-state index contributed by atoms with van der Waals surface area (Å²) in [6.45, 7) is 1.01. The van der Waals surface area contributed by atoms with Gasteiger partial charge >= 0.3 is 0 Å². The van der Waals surface area contributed by atoms with Crippen LogP contribution in [-0.2, 0) is 17.4 Å². The highest BCUT2D eigenvalue weighted by Crippen LogP contribution is 2.73. The molecule has 6 unspecified atom stereocenters. The first-order chi connectivity index (χ1) is 25.2. The van der Waals surface area contributed by atoms with Crippen LogP contribution in [0.1, 0.15) is 65.5 Å². The summed E-state index contributed by atoms with van der Waals surface area (Å²) >= 11 is 0. The molecule has 0 N–H and O–H groups in total. The van der Waals surface area contributed by atoms with E-state index in [0.29, 0.717) is 5.92 Å². The largest absolute Gasteiger partial charge is 0.472 e. The summed E-state index contributed by atoms with van der Waals surface area (Å²) in [5, 5.41) is 2.55. The summed E-state index contributed by atoms with van der Waals surface area (Å²) in [4.78, 5) is 2.46. The van der Waals surface area contributed by atoms with E-state index in [4.69, 9.17) is 4.74 Å². The zero-order valence-corrected chi connectivity index (χ0v) is 28.9. The highest BCUT2D eigenvalue weighted by Gasteiger charge is 2.65. The minimum Gasteiger partial charge on any atom is -0.472 e. The summed E-state index contributed by atoms with van der Waals surface area (Å²) in [6, 6.07) is 47.5. The van der Waals surface area contributed by atoms with Crippen LogP contribution in [0.25, 0.3) is 28.0 Å². The zero-order valence-electron chi connectivity index (χ0n) is 28.9. The number of hydrogen-bond donors (Lipinski definition) is 0. The molecule has 0 radical (unpaired) electrons. The van der Waals surface area contributed by atoms with E-state index < -0.39 is 5.60 Å². The minimum absolute atomic E-state index is 0.0599. The van der Waals surface area contributed by atoms with Gasteiger partial charge in [0.05, 0.1) is 0 Å². The minimum atomic E-state index is -0.753. The van der Waals surface area contributed by atoms with E-state index in [2.05, 4.69) is 144 Å². The standard InChI is InChI=1S/C49H41NO/c1-2-12-33(13-3-1)49(34-21-23-35(24-22-34)50-28-26-31-11-4-9-20-44(31)50)27-25-41-46-45(38-14-5-6-15-39(38)47(41)51-49)40-16-7-8-19-42(40)48(46)30-32-29-43(48)37-18-10-17-36(32)37/h1-9,11-16,19-25,27,32,36-37,43H,10,17-18,26,28-30H2. The molecule has 2 heteroatoms. The quantitative estimate of drug-likeness (QED) is 0.187. The van der Waals surface area contributed by atoms with Gasteiger partial charge in [0.15, 0.2) is 5.60 Å². The second-order valence-electron chi connectivity index (χ2n) is 16.2. The summed E-state index contributed by atoms with van der Waals surface area (Å²) < 4.78 is 7.72. The van der Waals surface area contributed by atoms with Crippen LogP contribution in [-0.4, -0.2) is 6.54 Å². The molecule has 2 nitrogen and oxygen atoms in total. The number of benzene rings is 6. The highest BCUT2D eigenvalue weighted by molar-refractivity contribution is 6.08. The first kappa shape index (κ1) is 28.6. The van der Waals surface area contributed by atoms with Crippen molar-refractivity contribution >= 4 is 28.2 Å². The number of rotatable bonds is 3. The van der Waals surface area contributed by atoms with Crippen LogP contribution in [0.4, 0.5) is 11.4 Å². The first-order valence-corrected chi connectivity index (χ1v) is 19.3. The number of hydrogen-bond acceptors (Lipinski definition) is 2. The Kier molecular flexibility index (Phi) is 5.75. The Morgan fingerprint density at radius 2 is 1.43 bits per heavy atom. The van der Waals surface area contributed by atoms with Gasteiger partial charge in [-0.15, -0.1) is 0 Å². The maximum absolute atomic E-state index is 7.72. The maximum Gasteiger partial charge on any atom is 0.178 e. The average molecular weight is 660 g/mol. The predicted molar refractivity (Wildman–Crippen MR) is 208 cm³/mol. The fourth-order valence-corrected chi connectivity index (χ4v) is 12.5. The molecule has 6 aromatic carbocycles. The lowest BCUT2D eigenvalue weighted by molar-refractivity contribution is 0.161. The van der Waals surface area contributed by atoms with Gasteiger partial charge in [-0.05, 0) is 113 Å². The van der Waals surface area contributed by atoms with E-state index in [1.807, 2.05) is 0 Å². The number of nitrogens with zero attached hydrogens (tertiary/aromatic N) is 1. The van der Waals surface area contributed by atoms with Crippen molar-refractivity contribution in [2.75, 3.05) is 11.4 Å². The molecule has 4 aliphatic carbocycles. The molecule has 248 valence electrons. The van der Waals surface area contributed by atoms with Crippen molar-refractivity contribution in [2.45, 2.75) is 49.5 Å². The maximum atomic E-state index is 7.72. The van der Waals surface area contributed by atoms with Crippen LogP contribution in [0.2, 0.25) is 0 Å². The van der Waals surface area contributed by atoms with Gasteiger partial charge in [0.1, 0.15) is 5.75 Å². The normalized spacial score (nSPS) is 28.8. The van der Waals surface area contributed by atoms with Crippen molar-refractivity contribution in [2.24, 2.45) is 23.7 Å². The van der Waals surface area contributed by atoms with Crippen LogP contribution >= 0.6 is 0 Å². The van der Waals surface area contributed by atoms with Gasteiger partial charge in [-0.25, -0.2) is 0 Å². The molecule has 2 aliphatic heterocycles. The molecule has 51 heavy (non-hydrogen) atoms. The summed E-state index contributed by atoms with van der Waals surface area (Å²) in [7, 11) is 0. The number of fused-ring (bicyclic) bond motifs is 17. The number of anilines is 2. The Labute approximate surface area is 300 Å². The Hall–Kier alpha value is -5.08. The van der Waals surface area contributed by atoms with E-state index in [9.17, 15) is 0 Å². The van der Waals surface area contributed by atoms with E-state index in [-0.39, 0.29) is 5.41 Å². The summed E-state index contributed by atoms with van der Waals surface area (Å²) in [6.07, 6.45) is 12.9. The molecule has 3 saturated carbocycles. The lowest BCUT2D eigenvalue weighted by Crippen LogP contribution is -2.40. The third kappa shape index (κ3) is 3.63. The molecule has 2 heterocycles. The molecule has 0 saturated heterocycles. The smallest absolute Gasteiger partial charge is 0.178 e. The molecular weight excluding hydrogens is 619 g/mol. The number of para-hydroxylation sites is 1. The van der Waals surface area contributed by atoms with Crippen molar-refractivity contribution in [3.8, 4) is 16.9 Å². The third-order valence-corrected chi connectivity index (χ3v) is 14.3. The van der Waals surface area contributed by atoms with E-state index >= 15 is 0 Å². The Morgan fingerprint density at radius 1 is 0.686 bits per heavy atom. The van der Waals surface area contributed by atoms with Crippen molar-refractivity contribution in [3.05, 3.63) is 167 Å². The lowest BCUT2D eigenvalue weighted by Gasteiger charge is -2.44. The SMILES string of the molecule is C1=CC(c2ccccc2)(c2ccc(N3CCc4ccccc43)cc2)Oc2c1c1c(c3ccccc23)-c2ccccc2C12CC1CC2C2CCCC12. The molecular formula is C49H41NO.